The lowest BCUT2D eigenvalue weighted by molar-refractivity contribution is -0.140. The molecule has 0 saturated carbocycles. The molecule has 8 nitrogen and oxygen atoms in total. The predicted octanol–water partition coefficient (Wildman–Crippen LogP) is 5.89. The van der Waals surface area contributed by atoms with Crippen molar-refractivity contribution in [2.45, 2.75) is 56.9 Å². The third-order valence-electron chi connectivity index (χ3n) is 6.48. The molecule has 232 valence electrons. The lowest BCUT2D eigenvalue weighted by atomic mass is 10.1. The Labute approximate surface area is 254 Å². The van der Waals surface area contributed by atoms with Crippen LogP contribution in [0, 0.1) is 0 Å². The van der Waals surface area contributed by atoms with E-state index in [0.29, 0.717) is 21.7 Å². The van der Waals surface area contributed by atoms with Gasteiger partial charge in [-0.25, -0.2) is 8.42 Å². The third kappa shape index (κ3) is 8.41. The summed E-state index contributed by atoms with van der Waals surface area (Å²) in [5.41, 5.74) is -1.06. The minimum atomic E-state index is -4.89. The zero-order valence-corrected chi connectivity index (χ0v) is 25.6. The molecule has 0 aliphatic rings. The van der Waals surface area contributed by atoms with Crippen LogP contribution in [0.4, 0.5) is 18.9 Å². The SMILES string of the molecule is CC[C@H](C(=O)NC(C)C)N(Cc1ccc(OC)cc1)C(=O)CN(c1ccc(Cl)c(C(F)(F)F)c1)S(=O)(=O)c1ccccc1. The van der Waals surface area contributed by atoms with Gasteiger partial charge in [0.2, 0.25) is 11.8 Å². The molecule has 2 amide bonds. The molecule has 0 saturated heterocycles. The normalized spacial score (nSPS) is 12.5. The fourth-order valence-corrected chi connectivity index (χ4v) is 6.01. The minimum absolute atomic E-state index is 0.0828. The summed E-state index contributed by atoms with van der Waals surface area (Å²) in [6.07, 6.45) is -4.70. The van der Waals surface area contributed by atoms with Crippen molar-refractivity contribution in [1.29, 1.82) is 0 Å². The average Bonchev–Trinajstić information content (AvgIpc) is 2.95. The van der Waals surface area contributed by atoms with Crippen molar-refractivity contribution in [1.82, 2.24) is 10.2 Å². The Balaban J connectivity index is 2.13. The number of carbonyl (C=O) groups excluding carboxylic acids is 2. The van der Waals surface area contributed by atoms with Gasteiger partial charge in [0.05, 0.1) is 28.3 Å². The van der Waals surface area contributed by atoms with Crippen LogP contribution >= 0.6 is 11.6 Å². The van der Waals surface area contributed by atoms with Gasteiger partial charge in [-0.1, -0.05) is 48.9 Å². The summed E-state index contributed by atoms with van der Waals surface area (Å²) in [4.78, 5) is 28.2. The number of alkyl halides is 3. The number of amides is 2. The van der Waals surface area contributed by atoms with E-state index in [1.807, 2.05) is 0 Å². The maximum Gasteiger partial charge on any atom is 0.417 e. The molecule has 0 aromatic heterocycles. The van der Waals surface area contributed by atoms with Crippen LogP contribution in [0.3, 0.4) is 0 Å². The molecule has 0 spiro atoms. The first-order chi connectivity index (χ1) is 20.2. The van der Waals surface area contributed by atoms with E-state index in [9.17, 15) is 31.2 Å². The maximum atomic E-state index is 14.0. The van der Waals surface area contributed by atoms with Gasteiger partial charge in [0, 0.05) is 12.6 Å². The first kappa shape index (κ1) is 33.7. The number of hydrogen-bond acceptors (Lipinski definition) is 5. The molecule has 0 unspecified atom stereocenters. The minimum Gasteiger partial charge on any atom is -0.497 e. The third-order valence-corrected chi connectivity index (χ3v) is 8.60. The molecule has 3 aromatic carbocycles. The number of rotatable bonds is 12. The van der Waals surface area contributed by atoms with E-state index in [-0.39, 0.29) is 23.9 Å². The second kappa shape index (κ2) is 14.1. The van der Waals surface area contributed by atoms with Crippen molar-refractivity contribution in [2.75, 3.05) is 18.0 Å². The second-order valence-electron chi connectivity index (χ2n) is 9.94. The highest BCUT2D eigenvalue weighted by atomic mass is 35.5. The highest BCUT2D eigenvalue weighted by molar-refractivity contribution is 7.92. The Kier molecular flexibility index (Phi) is 11.1. The Hall–Kier alpha value is -3.77. The zero-order valence-electron chi connectivity index (χ0n) is 24.1. The van der Waals surface area contributed by atoms with Gasteiger partial charge < -0.3 is 15.0 Å². The summed E-state index contributed by atoms with van der Waals surface area (Å²) >= 11 is 5.81. The maximum absolute atomic E-state index is 14.0. The number of carbonyl (C=O) groups is 2. The second-order valence-corrected chi connectivity index (χ2v) is 12.2. The summed E-state index contributed by atoms with van der Waals surface area (Å²) in [5, 5.41) is 2.15. The molecule has 1 N–H and O–H groups in total. The van der Waals surface area contributed by atoms with E-state index in [2.05, 4.69) is 5.32 Å². The Morgan fingerprint density at radius 2 is 1.63 bits per heavy atom. The standard InChI is InChI=1S/C30H33ClF3N3O5S/c1-5-27(29(39)35-20(2)3)36(18-21-11-14-23(42-4)15-12-21)28(38)19-37(43(40,41)24-9-7-6-8-10-24)22-13-16-26(31)25(17-22)30(32,33)34/h6-17,20,27H,5,18-19H2,1-4H3,(H,35,39)/t27-/m1/s1. The molecular formula is C30H33ClF3N3O5S. The zero-order chi connectivity index (χ0) is 31.9. The number of nitrogens with one attached hydrogen (secondary N) is 1. The fraction of sp³-hybridized carbons (Fsp3) is 0.333. The van der Waals surface area contributed by atoms with Crippen molar-refractivity contribution in [3.8, 4) is 5.75 Å². The average molecular weight is 640 g/mol. The van der Waals surface area contributed by atoms with Crippen LogP contribution in [0.25, 0.3) is 0 Å². The van der Waals surface area contributed by atoms with Crippen LogP contribution < -0.4 is 14.4 Å². The number of ether oxygens (including phenoxy) is 1. The van der Waals surface area contributed by atoms with E-state index in [4.69, 9.17) is 16.3 Å². The molecule has 43 heavy (non-hydrogen) atoms. The first-order valence-electron chi connectivity index (χ1n) is 13.4. The Bertz CT molecular complexity index is 1520. The van der Waals surface area contributed by atoms with Gasteiger partial charge in [-0.2, -0.15) is 13.2 Å². The number of anilines is 1. The number of hydrogen-bond donors (Lipinski definition) is 1. The first-order valence-corrected chi connectivity index (χ1v) is 15.2. The Morgan fingerprint density at radius 1 is 1.00 bits per heavy atom. The molecule has 13 heteroatoms. The topological polar surface area (TPSA) is 96.0 Å². The Morgan fingerprint density at radius 3 is 2.16 bits per heavy atom. The molecule has 0 radical (unpaired) electrons. The van der Waals surface area contributed by atoms with Gasteiger partial charge >= 0.3 is 6.18 Å². The van der Waals surface area contributed by atoms with Crippen LogP contribution in [0.2, 0.25) is 5.02 Å². The largest absolute Gasteiger partial charge is 0.497 e. The van der Waals surface area contributed by atoms with Crippen LogP contribution in [0.1, 0.15) is 38.3 Å². The number of methoxy groups -OCH3 is 1. The molecular weight excluding hydrogens is 607 g/mol. The van der Waals surface area contributed by atoms with Crippen molar-refractivity contribution < 1.29 is 35.9 Å². The number of sulfonamides is 1. The molecule has 0 aliphatic heterocycles. The quantitative estimate of drug-likeness (QED) is 0.267. The van der Waals surface area contributed by atoms with Crippen molar-refractivity contribution in [2.24, 2.45) is 0 Å². The van der Waals surface area contributed by atoms with Crippen LogP contribution in [-0.4, -0.2) is 50.9 Å². The smallest absolute Gasteiger partial charge is 0.417 e. The number of nitrogens with zero attached hydrogens (tertiary/aromatic N) is 2. The predicted molar refractivity (Wildman–Crippen MR) is 158 cm³/mol. The fourth-order valence-electron chi connectivity index (χ4n) is 4.36. The highest BCUT2D eigenvalue weighted by Gasteiger charge is 2.37. The number of halogens is 4. The highest BCUT2D eigenvalue weighted by Crippen LogP contribution is 2.38. The van der Waals surface area contributed by atoms with Crippen LogP contribution in [-0.2, 0) is 32.3 Å². The lowest BCUT2D eigenvalue weighted by Gasteiger charge is -2.33. The summed E-state index contributed by atoms with van der Waals surface area (Å²) in [7, 11) is -3.06. The van der Waals surface area contributed by atoms with Crippen molar-refractivity contribution >= 4 is 39.1 Å². The van der Waals surface area contributed by atoms with Gasteiger partial charge in [0.25, 0.3) is 10.0 Å². The number of benzene rings is 3. The van der Waals surface area contributed by atoms with E-state index in [1.165, 1.54) is 36.3 Å². The van der Waals surface area contributed by atoms with Gasteiger partial charge in [-0.05, 0) is 68.3 Å². The van der Waals surface area contributed by atoms with Gasteiger partial charge in [0.15, 0.2) is 0 Å². The van der Waals surface area contributed by atoms with Gasteiger partial charge in [0.1, 0.15) is 18.3 Å². The molecule has 3 aromatic rings. The molecule has 0 aliphatic carbocycles. The molecule has 0 fully saturated rings. The van der Waals surface area contributed by atoms with E-state index in [0.717, 1.165) is 12.1 Å². The van der Waals surface area contributed by atoms with E-state index in [1.54, 1.807) is 51.1 Å². The van der Waals surface area contributed by atoms with Crippen LogP contribution in [0.15, 0.2) is 77.7 Å². The molecule has 0 heterocycles. The lowest BCUT2D eigenvalue weighted by Crippen LogP contribution is -2.53. The monoisotopic (exact) mass is 639 g/mol. The summed E-state index contributed by atoms with van der Waals surface area (Å²) < 4.78 is 74.7. The van der Waals surface area contributed by atoms with Crippen molar-refractivity contribution in [3.05, 3.63) is 88.9 Å². The van der Waals surface area contributed by atoms with Gasteiger partial charge in [-0.15, -0.1) is 0 Å². The van der Waals surface area contributed by atoms with Crippen LogP contribution in [0.5, 0.6) is 5.75 Å². The van der Waals surface area contributed by atoms with E-state index < -0.39 is 56.9 Å². The molecule has 3 rings (SSSR count). The van der Waals surface area contributed by atoms with Crippen molar-refractivity contribution in [3.63, 3.8) is 0 Å². The molecule has 1 atom stereocenters. The van der Waals surface area contributed by atoms with Gasteiger partial charge in [-0.3, -0.25) is 13.9 Å². The van der Waals surface area contributed by atoms with E-state index >= 15 is 0 Å². The summed E-state index contributed by atoms with van der Waals surface area (Å²) in [6, 6.07) is 15.1. The summed E-state index contributed by atoms with van der Waals surface area (Å²) in [6.45, 7) is 4.24. The molecule has 0 bridgehead atoms. The summed E-state index contributed by atoms with van der Waals surface area (Å²) in [5.74, 6) is -0.693.